The molecule has 114 valence electrons. The minimum Gasteiger partial charge on any atom is -0.207 e. The molecule has 3 heteroatoms. The lowest BCUT2D eigenvalue weighted by Crippen LogP contribution is -2.11. The van der Waals surface area contributed by atoms with Crippen LogP contribution in [0.15, 0.2) is 42.5 Å². The first kappa shape index (κ1) is 16.5. The molecule has 0 saturated carbocycles. The van der Waals surface area contributed by atoms with Crippen LogP contribution in [0, 0.1) is 17.1 Å². The van der Waals surface area contributed by atoms with E-state index in [1.165, 1.54) is 11.6 Å². The Labute approximate surface area is 136 Å². The maximum Gasteiger partial charge on any atom is 0.127 e. The van der Waals surface area contributed by atoms with Crippen LogP contribution in [0.2, 0.25) is 5.02 Å². The third-order valence-electron chi connectivity index (χ3n) is 3.80. The standard InChI is InChI=1S/C19H19ClFN/c1-19(2,3)15-9-7-13(8-10-15)14(12-22)11-16-17(20)5-4-6-18(16)21/h4-10,14H,11H2,1-3H3. The van der Waals surface area contributed by atoms with E-state index < -0.39 is 5.92 Å². The molecule has 1 atom stereocenters. The van der Waals surface area contributed by atoms with Gasteiger partial charge in [0.1, 0.15) is 5.82 Å². The van der Waals surface area contributed by atoms with Crippen molar-refractivity contribution >= 4 is 11.6 Å². The van der Waals surface area contributed by atoms with Gasteiger partial charge in [-0.1, -0.05) is 62.7 Å². The molecule has 0 N–H and O–H groups in total. The summed E-state index contributed by atoms with van der Waals surface area (Å²) in [5.41, 5.74) is 2.55. The second-order valence-corrected chi connectivity index (χ2v) is 6.87. The zero-order valence-electron chi connectivity index (χ0n) is 13.0. The van der Waals surface area contributed by atoms with Crippen LogP contribution in [-0.2, 0) is 11.8 Å². The van der Waals surface area contributed by atoms with E-state index in [-0.39, 0.29) is 17.7 Å². The molecule has 0 saturated heterocycles. The molecule has 0 aromatic heterocycles. The molecule has 0 radical (unpaired) electrons. The average Bonchev–Trinajstić information content (AvgIpc) is 2.46. The fraction of sp³-hybridized carbons (Fsp3) is 0.316. The lowest BCUT2D eigenvalue weighted by Gasteiger charge is -2.20. The van der Waals surface area contributed by atoms with Gasteiger partial charge in [0.2, 0.25) is 0 Å². The number of nitriles is 1. The Morgan fingerprint density at radius 3 is 2.27 bits per heavy atom. The summed E-state index contributed by atoms with van der Waals surface area (Å²) in [7, 11) is 0. The van der Waals surface area contributed by atoms with Gasteiger partial charge in [-0.25, -0.2) is 4.39 Å². The number of hydrogen-bond acceptors (Lipinski definition) is 1. The smallest absolute Gasteiger partial charge is 0.127 e. The third-order valence-corrected chi connectivity index (χ3v) is 4.16. The molecule has 2 rings (SSSR count). The van der Waals surface area contributed by atoms with E-state index in [4.69, 9.17) is 11.6 Å². The SMILES string of the molecule is CC(C)(C)c1ccc(C(C#N)Cc2c(F)cccc2Cl)cc1. The van der Waals surface area contributed by atoms with Crippen molar-refractivity contribution in [2.75, 3.05) is 0 Å². The molecule has 0 amide bonds. The van der Waals surface area contributed by atoms with Gasteiger partial charge in [0.15, 0.2) is 0 Å². The first-order chi connectivity index (χ1) is 10.3. The summed E-state index contributed by atoms with van der Waals surface area (Å²) in [6.45, 7) is 6.43. The summed E-state index contributed by atoms with van der Waals surface area (Å²) in [6.07, 6.45) is 0.275. The minimum absolute atomic E-state index is 0.0650. The summed E-state index contributed by atoms with van der Waals surface area (Å²) in [5.74, 6) is -0.775. The largest absolute Gasteiger partial charge is 0.207 e. The monoisotopic (exact) mass is 315 g/mol. The Kier molecular flexibility index (Phi) is 4.88. The molecule has 0 bridgehead atoms. The molecule has 1 nitrogen and oxygen atoms in total. The van der Waals surface area contributed by atoms with Crippen LogP contribution in [-0.4, -0.2) is 0 Å². The molecule has 0 heterocycles. The van der Waals surface area contributed by atoms with E-state index in [0.29, 0.717) is 10.6 Å². The van der Waals surface area contributed by atoms with Crippen molar-refractivity contribution in [3.63, 3.8) is 0 Å². The van der Waals surface area contributed by atoms with Gasteiger partial charge in [-0.2, -0.15) is 5.26 Å². The van der Waals surface area contributed by atoms with Crippen LogP contribution in [0.4, 0.5) is 4.39 Å². The highest BCUT2D eigenvalue weighted by Gasteiger charge is 2.18. The Morgan fingerprint density at radius 2 is 1.77 bits per heavy atom. The highest BCUT2D eigenvalue weighted by molar-refractivity contribution is 6.31. The van der Waals surface area contributed by atoms with Crippen LogP contribution in [0.3, 0.4) is 0 Å². The second kappa shape index (κ2) is 6.50. The summed E-state index contributed by atoms with van der Waals surface area (Å²) in [5, 5.41) is 9.80. The van der Waals surface area contributed by atoms with Crippen molar-refractivity contribution in [1.82, 2.24) is 0 Å². The van der Waals surface area contributed by atoms with Gasteiger partial charge in [-0.15, -0.1) is 0 Å². The minimum atomic E-state index is -0.414. The van der Waals surface area contributed by atoms with Crippen molar-refractivity contribution < 1.29 is 4.39 Å². The van der Waals surface area contributed by atoms with Crippen LogP contribution in [0.1, 0.15) is 43.4 Å². The summed E-state index contributed by atoms with van der Waals surface area (Å²) in [4.78, 5) is 0. The second-order valence-electron chi connectivity index (χ2n) is 6.46. The van der Waals surface area contributed by atoms with E-state index in [9.17, 15) is 9.65 Å². The molecule has 0 aliphatic heterocycles. The van der Waals surface area contributed by atoms with Crippen molar-refractivity contribution in [2.24, 2.45) is 0 Å². The molecule has 0 spiro atoms. The van der Waals surface area contributed by atoms with E-state index >= 15 is 0 Å². The number of nitrogens with zero attached hydrogens (tertiary/aromatic N) is 1. The number of halogens is 2. The summed E-state index contributed by atoms with van der Waals surface area (Å²) < 4.78 is 13.9. The molecular formula is C19H19ClFN. The van der Waals surface area contributed by atoms with Crippen molar-refractivity contribution in [3.05, 3.63) is 70.0 Å². The van der Waals surface area contributed by atoms with E-state index in [0.717, 1.165) is 5.56 Å². The number of rotatable bonds is 3. The Hall–Kier alpha value is -1.85. The normalized spacial score (nSPS) is 12.7. The molecule has 0 fully saturated rings. The lowest BCUT2D eigenvalue weighted by molar-refractivity contribution is 0.589. The zero-order chi connectivity index (χ0) is 16.3. The van der Waals surface area contributed by atoms with E-state index in [1.54, 1.807) is 12.1 Å². The van der Waals surface area contributed by atoms with Crippen LogP contribution in [0.25, 0.3) is 0 Å². The van der Waals surface area contributed by atoms with Gasteiger partial charge in [-0.3, -0.25) is 0 Å². The van der Waals surface area contributed by atoms with Crippen molar-refractivity contribution in [3.8, 4) is 6.07 Å². The molecule has 1 unspecified atom stereocenters. The highest BCUT2D eigenvalue weighted by atomic mass is 35.5. The predicted octanol–water partition coefficient (Wildman–Crippen LogP) is 5.63. The first-order valence-corrected chi connectivity index (χ1v) is 7.63. The van der Waals surface area contributed by atoms with Crippen LogP contribution < -0.4 is 0 Å². The number of hydrogen-bond donors (Lipinski definition) is 0. The lowest BCUT2D eigenvalue weighted by atomic mass is 9.85. The molecule has 22 heavy (non-hydrogen) atoms. The first-order valence-electron chi connectivity index (χ1n) is 7.26. The van der Waals surface area contributed by atoms with Gasteiger partial charge >= 0.3 is 0 Å². The molecule has 0 aliphatic rings. The van der Waals surface area contributed by atoms with Gasteiger partial charge in [-0.05, 0) is 35.1 Å². The van der Waals surface area contributed by atoms with Gasteiger partial charge < -0.3 is 0 Å². The Bertz CT molecular complexity index is 673. The molecule has 2 aromatic carbocycles. The van der Waals surface area contributed by atoms with Gasteiger partial charge in [0.25, 0.3) is 0 Å². The fourth-order valence-electron chi connectivity index (χ4n) is 2.38. The maximum absolute atomic E-state index is 13.9. The highest BCUT2D eigenvalue weighted by Crippen LogP contribution is 2.29. The summed E-state index contributed by atoms with van der Waals surface area (Å²) >= 11 is 6.05. The van der Waals surface area contributed by atoms with Gasteiger partial charge in [0, 0.05) is 10.6 Å². The Morgan fingerprint density at radius 1 is 1.14 bits per heavy atom. The van der Waals surface area contributed by atoms with E-state index in [1.807, 2.05) is 24.3 Å². The molecular weight excluding hydrogens is 297 g/mol. The third kappa shape index (κ3) is 3.67. The van der Waals surface area contributed by atoms with Crippen LogP contribution >= 0.6 is 11.6 Å². The maximum atomic E-state index is 13.9. The summed E-state index contributed by atoms with van der Waals surface area (Å²) in [6, 6.07) is 14.8. The van der Waals surface area contributed by atoms with Gasteiger partial charge in [0.05, 0.1) is 12.0 Å². The number of benzene rings is 2. The zero-order valence-corrected chi connectivity index (χ0v) is 13.8. The van der Waals surface area contributed by atoms with Crippen LogP contribution in [0.5, 0.6) is 0 Å². The van der Waals surface area contributed by atoms with Crippen molar-refractivity contribution in [2.45, 2.75) is 38.5 Å². The molecule has 0 aliphatic carbocycles. The fourth-order valence-corrected chi connectivity index (χ4v) is 2.63. The quantitative estimate of drug-likeness (QED) is 0.720. The Balaban J connectivity index is 2.28. The van der Waals surface area contributed by atoms with E-state index in [2.05, 4.69) is 26.8 Å². The predicted molar refractivity (Wildman–Crippen MR) is 88.6 cm³/mol. The molecule has 2 aromatic rings. The van der Waals surface area contributed by atoms with Crippen molar-refractivity contribution in [1.29, 1.82) is 5.26 Å². The topological polar surface area (TPSA) is 23.8 Å². The average molecular weight is 316 g/mol.